The lowest BCUT2D eigenvalue weighted by atomic mass is 9.70. The zero-order valence-electron chi connectivity index (χ0n) is 45.4. The minimum atomic E-state index is -0.792. The maximum atomic E-state index is 5.34. The fourth-order valence-electron chi connectivity index (χ4n) is 13.6. The monoisotopic (exact) mass is 1060 g/mol. The van der Waals surface area contributed by atoms with E-state index in [0.717, 1.165) is 51.5 Å². The smallest absolute Gasteiger partial charge is 0.164 e. The normalized spacial score (nSPS) is 15.1. The summed E-state index contributed by atoms with van der Waals surface area (Å²) >= 11 is 0. The molecule has 0 amide bonds. The van der Waals surface area contributed by atoms with E-state index in [1.54, 1.807) is 0 Å². The Kier molecular flexibility index (Phi) is 11.5. The number of hydrogen-bond donors (Lipinski definition) is 0. The van der Waals surface area contributed by atoms with Crippen LogP contribution >= 0.6 is 0 Å². The summed E-state index contributed by atoms with van der Waals surface area (Å²) in [6.07, 6.45) is 5.48. The summed E-state index contributed by atoms with van der Waals surface area (Å²) in [5, 5.41) is 2.37. The summed E-state index contributed by atoms with van der Waals surface area (Å²) in [4.78, 5) is 20.8. The first-order valence-electron chi connectivity index (χ1n) is 28.6. The second-order valence-electron chi connectivity index (χ2n) is 21.8. The molecule has 1 aromatic heterocycles. The van der Waals surface area contributed by atoms with Crippen LogP contribution in [-0.2, 0) is 5.41 Å². The molecule has 13 aromatic rings. The summed E-state index contributed by atoms with van der Waals surface area (Å²) in [5.74, 6) is 1.87. The van der Waals surface area contributed by atoms with Crippen molar-refractivity contribution in [1.82, 2.24) is 15.0 Å². The fraction of sp³-hybridized carbons (Fsp3) is 0.0385. The molecular weight excluding hydrogens is 1010 g/mol. The number of nitrogens with zero attached hydrogens (tertiary/aromatic N) is 5. The molecule has 0 aliphatic heterocycles. The van der Waals surface area contributed by atoms with Crippen molar-refractivity contribution in [2.75, 3.05) is 9.80 Å². The van der Waals surface area contributed by atoms with Gasteiger partial charge in [-0.05, 0) is 139 Å². The van der Waals surface area contributed by atoms with Crippen molar-refractivity contribution in [3.63, 3.8) is 0 Å². The molecule has 0 fully saturated rings. The molecule has 12 aromatic carbocycles. The standard InChI is InChI=1S/C78H53N5/c1-5-22-52(23-6-1)57-32-19-35-60(48-57)83(74-41-21-31-54-25-14-16-37-64(54)74)62-44-47-68-67-46-43-61(82(59-33-11-4-12-34-59)73-40-20-30-53-24-13-15-36-63(53)73)50-71(67)78(72(68)51-62)69-39-18-17-38-65(69)66-45-42-58(49-70(66)78)77-80-75(55-26-7-2-8-27-55)79-76(81-77)56-28-9-3-10-29-56/h1-40,42-51,74H,41H2. The first-order chi connectivity index (χ1) is 41.2. The molecule has 3 aliphatic rings. The van der Waals surface area contributed by atoms with Crippen molar-refractivity contribution in [2.45, 2.75) is 17.9 Å². The molecule has 5 heteroatoms. The third-order valence-corrected chi connectivity index (χ3v) is 17.2. The number of rotatable bonds is 10. The molecule has 16 rings (SSSR count). The maximum absolute atomic E-state index is 5.34. The van der Waals surface area contributed by atoms with E-state index in [0.29, 0.717) is 17.5 Å². The van der Waals surface area contributed by atoms with E-state index >= 15 is 0 Å². The van der Waals surface area contributed by atoms with E-state index in [9.17, 15) is 0 Å². The number of anilines is 5. The van der Waals surface area contributed by atoms with Crippen molar-refractivity contribution >= 4 is 45.3 Å². The quantitative estimate of drug-likeness (QED) is 0.137. The minimum Gasteiger partial charge on any atom is -0.334 e. The molecule has 2 atom stereocenters. The third kappa shape index (κ3) is 7.95. The Morgan fingerprint density at radius 1 is 0.337 bits per heavy atom. The largest absolute Gasteiger partial charge is 0.334 e. The second kappa shape index (κ2) is 19.8. The summed E-state index contributed by atoms with van der Waals surface area (Å²) in [6.45, 7) is 0. The van der Waals surface area contributed by atoms with Crippen molar-refractivity contribution in [3.8, 4) is 67.5 Å². The molecular formula is C78H53N5. The van der Waals surface area contributed by atoms with Crippen LogP contribution in [0.25, 0.3) is 84.4 Å². The molecule has 0 bridgehead atoms. The number of para-hydroxylation sites is 1. The van der Waals surface area contributed by atoms with Crippen LogP contribution in [0.2, 0.25) is 0 Å². The van der Waals surface area contributed by atoms with E-state index in [2.05, 4.69) is 277 Å². The number of benzene rings is 12. The average molecular weight is 1060 g/mol. The molecule has 0 saturated carbocycles. The zero-order valence-corrected chi connectivity index (χ0v) is 45.4. The molecule has 0 radical (unpaired) electrons. The van der Waals surface area contributed by atoms with Gasteiger partial charge in [0.25, 0.3) is 0 Å². The number of aromatic nitrogens is 3. The summed E-state index contributed by atoms with van der Waals surface area (Å²) in [6, 6.07) is 106. The van der Waals surface area contributed by atoms with Gasteiger partial charge in [-0.2, -0.15) is 0 Å². The van der Waals surface area contributed by atoms with Gasteiger partial charge in [0, 0.05) is 44.8 Å². The van der Waals surface area contributed by atoms with Crippen LogP contribution in [0.4, 0.5) is 28.4 Å². The van der Waals surface area contributed by atoms with Gasteiger partial charge in [-0.15, -0.1) is 0 Å². The van der Waals surface area contributed by atoms with Crippen molar-refractivity contribution in [3.05, 3.63) is 331 Å². The SMILES string of the molecule is C1=Cc2ccccc2C(N(c2cccc(-c3ccccc3)c2)c2ccc3c(c2)C2(c4ccccc4-c4ccc(-c5nc(-c6ccccc6)nc(-c6ccccc6)n5)cc42)c2cc(N(c4ccccc4)c4cccc5ccccc45)ccc2-3)C1. The molecule has 0 saturated heterocycles. The van der Waals surface area contributed by atoms with Crippen LogP contribution in [-0.4, -0.2) is 15.0 Å². The van der Waals surface area contributed by atoms with Crippen LogP contribution in [0.5, 0.6) is 0 Å². The summed E-state index contributed by atoms with van der Waals surface area (Å²) < 4.78 is 0. The first-order valence-corrected chi connectivity index (χ1v) is 28.6. The molecule has 83 heavy (non-hydrogen) atoms. The zero-order chi connectivity index (χ0) is 54.8. The Balaban J connectivity index is 0.971. The number of hydrogen-bond acceptors (Lipinski definition) is 5. The fourth-order valence-corrected chi connectivity index (χ4v) is 13.6. The molecule has 5 nitrogen and oxygen atoms in total. The topological polar surface area (TPSA) is 45.2 Å². The number of fused-ring (bicyclic) bond motifs is 12. The minimum absolute atomic E-state index is 0.0166. The highest BCUT2D eigenvalue weighted by molar-refractivity contribution is 6.01. The Morgan fingerprint density at radius 2 is 0.843 bits per heavy atom. The Bertz CT molecular complexity index is 4610. The van der Waals surface area contributed by atoms with E-state index in [1.165, 1.54) is 77.5 Å². The van der Waals surface area contributed by atoms with Crippen LogP contribution in [0.15, 0.2) is 297 Å². The van der Waals surface area contributed by atoms with Crippen molar-refractivity contribution in [2.24, 2.45) is 0 Å². The van der Waals surface area contributed by atoms with Gasteiger partial charge in [-0.25, -0.2) is 15.0 Å². The predicted octanol–water partition coefficient (Wildman–Crippen LogP) is 19.8. The van der Waals surface area contributed by atoms with Gasteiger partial charge in [0.2, 0.25) is 0 Å². The van der Waals surface area contributed by atoms with E-state index < -0.39 is 5.41 Å². The van der Waals surface area contributed by atoms with Gasteiger partial charge in [0.1, 0.15) is 0 Å². The van der Waals surface area contributed by atoms with Gasteiger partial charge >= 0.3 is 0 Å². The Morgan fingerprint density at radius 3 is 1.58 bits per heavy atom. The van der Waals surface area contributed by atoms with E-state index in [1.807, 2.05) is 36.4 Å². The summed E-state index contributed by atoms with van der Waals surface area (Å²) in [5.41, 5.74) is 22.1. The molecule has 390 valence electrons. The van der Waals surface area contributed by atoms with Crippen molar-refractivity contribution < 1.29 is 0 Å². The highest BCUT2D eigenvalue weighted by Crippen LogP contribution is 2.65. The molecule has 2 unspecified atom stereocenters. The lowest BCUT2D eigenvalue weighted by Gasteiger charge is -2.37. The van der Waals surface area contributed by atoms with Crippen LogP contribution < -0.4 is 9.80 Å². The molecule has 1 spiro atoms. The highest BCUT2D eigenvalue weighted by atomic mass is 15.2. The summed E-state index contributed by atoms with van der Waals surface area (Å²) in [7, 11) is 0. The molecule has 0 N–H and O–H groups in total. The maximum Gasteiger partial charge on any atom is 0.164 e. The van der Waals surface area contributed by atoms with E-state index in [-0.39, 0.29) is 6.04 Å². The van der Waals surface area contributed by atoms with Crippen molar-refractivity contribution in [1.29, 1.82) is 0 Å². The Hall–Kier alpha value is -10.8. The molecule has 1 heterocycles. The third-order valence-electron chi connectivity index (χ3n) is 17.2. The van der Waals surface area contributed by atoms with Crippen LogP contribution in [0, 0.1) is 0 Å². The Labute approximate surface area is 483 Å². The lowest BCUT2D eigenvalue weighted by Crippen LogP contribution is -2.28. The van der Waals surface area contributed by atoms with Crippen LogP contribution in [0.3, 0.4) is 0 Å². The predicted molar refractivity (Wildman–Crippen MR) is 341 cm³/mol. The van der Waals surface area contributed by atoms with Crippen LogP contribution in [0.1, 0.15) is 45.8 Å². The van der Waals surface area contributed by atoms with Gasteiger partial charge in [0.15, 0.2) is 17.5 Å². The van der Waals surface area contributed by atoms with E-state index in [4.69, 9.17) is 15.0 Å². The van der Waals surface area contributed by atoms with Gasteiger partial charge in [-0.3, -0.25) is 0 Å². The van der Waals surface area contributed by atoms with Gasteiger partial charge in [0.05, 0.1) is 17.1 Å². The molecule has 3 aliphatic carbocycles. The average Bonchev–Trinajstić information content (AvgIpc) is 1.61. The highest BCUT2D eigenvalue weighted by Gasteiger charge is 2.52. The second-order valence-corrected chi connectivity index (χ2v) is 21.8. The first kappa shape index (κ1) is 48.2. The lowest BCUT2D eigenvalue weighted by molar-refractivity contribution is 0.700. The van der Waals surface area contributed by atoms with Gasteiger partial charge in [-0.1, -0.05) is 243 Å². The van der Waals surface area contributed by atoms with Gasteiger partial charge < -0.3 is 9.80 Å².